The second-order valence-electron chi connectivity index (χ2n) is 6.22. The minimum Gasteiger partial charge on any atom is -0.314 e. The Balaban J connectivity index is 2.22. The minimum atomic E-state index is 0.510. The lowest BCUT2D eigenvalue weighted by Gasteiger charge is -2.28. The number of para-hydroxylation sites is 1. The summed E-state index contributed by atoms with van der Waals surface area (Å²) in [5, 5.41) is 2.54. The zero-order chi connectivity index (χ0) is 16.2. The van der Waals surface area contributed by atoms with Gasteiger partial charge < -0.3 is 4.90 Å². The summed E-state index contributed by atoms with van der Waals surface area (Å²) in [6.45, 7) is 6.63. The first-order chi connectivity index (χ1) is 11.2. The molecule has 0 atom stereocenters. The first-order valence-corrected chi connectivity index (χ1v) is 8.18. The fourth-order valence-electron chi connectivity index (χ4n) is 3.07. The number of nitrogens with zero attached hydrogens (tertiary/aromatic N) is 1. The van der Waals surface area contributed by atoms with Gasteiger partial charge in [-0.15, -0.1) is 0 Å². The molecule has 1 nitrogen and oxygen atoms in total. The van der Waals surface area contributed by atoms with Gasteiger partial charge in [0.2, 0.25) is 0 Å². The Morgan fingerprint density at radius 2 is 1.48 bits per heavy atom. The van der Waals surface area contributed by atoms with E-state index in [-0.39, 0.29) is 0 Å². The van der Waals surface area contributed by atoms with E-state index in [9.17, 15) is 0 Å². The second kappa shape index (κ2) is 6.70. The second-order valence-corrected chi connectivity index (χ2v) is 6.22. The van der Waals surface area contributed by atoms with E-state index < -0.39 is 0 Å². The van der Waals surface area contributed by atoms with Crippen LogP contribution in [0.15, 0.2) is 84.6 Å². The Labute approximate surface area is 138 Å². The first-order valence-electron chi connectivity index (χ1n) is 8.18. The average Bonchev–Trinajstić information content (AvgIpc) is 2.56. The zero-order valence-corrected chi connectivity index (χ0v) is 14.0. The molecule has 0 aromatic heterocycles. The number of allylic oxidation sites excluding steroid dienone is 2. The monoisotopic (exact) mass is 301 g/mol. The molecule has 0 fully saturated rings. The molecular weight excluding hydrogens is 278 g/mol. The third kappa shape index (κ3) is 3.29. The largest absolute Gasteiger partial charge is 0.314 e. The van der Waals surface area contributed by atoms with Gasteiger partial charge in [0, 0.05) is 16.8 Å². The van der Waals surface area contributed by atoms with Crippen molar-refractivity contribution in [3.8, 4) is 0 Å². The van der Waals surface area contributed by atoms with Gasteiger partial charge in [-0.05, 0) is 36.4 Å². The van der Waals surface area contributed by atoms with Gasteiger partial charge in [-0.2, -0.15) is 0 Å². The molecule has 0 saturated carbocycles. The number of rotatable bonds is 4. The van der Waals surface area contributed by atoms with Crippen LogP contribution in [0.2, 0.25) is 0 Å². The van der Waals surface area contributed by atoms with Crippen LogP contribution in [0.4, 0.5) is 11.4 Å². The molecule has 3 aromatic rings. The summed E-state index contributed by atoms with van der Waals surface area (Å²) in [6, 6.07) is 25.7. The highest BCUT2D eigenvalue weighted by Crippen LogP contribution is 2.35. The molecule has 23 heavy (non-hydrogen) atoms. The van der Waals surface area contributed by atoms with Crippen LogP contribution in [0, 0.1) is 5.92 Å². The summed E-state index contributed by atoms with van der Waals surface area (Å²) in [5.41, 5.74) is 3.67. The first kappa shape index (κ1) is 15.4. The third-order valence-corrected chi connectivity index (χ3v) is 3.95. The molecule has 0 heterocycles. The summed E-state index contributed by atoms with van der Waals surface area (Å²) < 4.78 is 0. The lowest BCUT2D eigenvalue weighted by molar-refractivity contribution is 0.817. The molecule has 0 amide bonds. The molecule has 0 aliphatic heterocycles. The van der Waals surface area contributed by atoms with Crippen molar-refractivity contribution >= 4 is 22.1 Å². The molecule has 0 unspecified atom stereocenters. The van der Waals surface area contributed by atoms with Gasteiger partial charge in [0.15, 0.2) is 0 Å². The Morgan fingerprint density at radius 1 is 0.826 bits per heavy atom. The molecule has 0 saturated heterocycles. The number of anilines is 2. The van der Waals surface area contributed by atoms with Crippen LogP contribution in [0.5, 0.6) is 0 Å². The maximum atomic E-state index is 2.35. The van der Waals surface area contributed by atoms with Crippen LogP contribution in [-0.4, -0.2) is 0 Å². The maximum absolute atomic E-state index is 2.35. The molecule has 116 valence electrons. The van der Waals surface area contributed by atoms with Crippen LogP contribution < -0.4 is 4.90 Å². The number of benzene rings is 3. The topological polar surface area (TPSA) is 3.24 Å². The fraction of sp³-hybridized carbons (Fsp3) is 0.182. The summed E-state index contributed by atoms with van der Waals surface area (Å²) in [4.78, 5) is 2.35. The van der Waals surface area contributed by atoms with E-state index in [1.54, 1.807) is 0 Å². The van der Waals surface area contributed by atoms with Gasteiger partial charge in [-0.3, -0.25) is 0 Å². The third-order valence-electron chi connectivity index (χ3n) is 3.95. The minimum absolute atomic E-state index is 0.510. The fourth-order valence-corrected chi connectivity index (χ4v) is 3.07. The summed E-state index contributed by atoms with van der Waals surface area (Å²) in [6.07, 6.45) is 2.31. The van der Waals surface area contributed by atoms with Gasteiger partial charge in [-0.1, -0.05) is 74.5 Å². The Hall–Kier alpha value is -2.54. The molecule has 3 rings (SSSR count). The van der Waals surface area contributed by atoms with E-state index in [0.717, 1.165) is 0 Å². The highest BCUT2D eigenvalue weighted by Gasteiger charge is 2.14. The quantitative estimate of drug-likeness (QED) is 0.529. The Morgan fingerprint density at radius 3 is 2.22 bits per heavy atom. The lowest BCUT2D eigenvalue weighted by Crippen LogP contribution is -2.15. The van der Waals surface area contributed by atoms with Crippen molar-refractivity contribution in [2.24, 2.45) is 5.92 Å². The maximum Gasteiger partial charge on any atom is 0.0536 e. The standard InChI is InChI=1S/C22H23N/c1-17(2)16-18(3)23(20-12-5-4-6-13-20)22-15-9-11-19-10-7-8-14-21(19)22/h4-17H,1-3H3/b18-16+. The molecule has 0 aliphatic carbocycles. The average molecular weight is 301 g/mol. The van der Waals surface area contributed by atoms with Crippen molar-refractivity contribution in [3.63, 3.8) is 0 Å². The normalized spacial score (nSPS) is 11.9. The molecular formula is C22H23N. The smallest absolute Gasteiger partial charge is 0.0536 e. The van der Waals surface area contributed by atoms with Crippen molar-refractivity contribution in [2.45, 2.75) is 20.8 Å². The molecule has 0 N–H and O–H groups in total. The van der Waals surface area contributed by atoms with Crippen molar-refractivity contribution in [3.05, 3.63) is 84.6 Å². The van der Waals surface area contributed by atoms with Crippen molar-refractivity contribution in [1.29, 1.82) is 0 Å². The Bertz CT molecular complexity index is 810. The molecule has 0 bridgehead atoms. The highest BCUT2D eigenvalue weighted by molar-refractivity contribution is 5.97. The Kier molecular flexibility index (Phi) is 4.47. The van der Waals surface area contributed by atoms with Gasteiger partial charge in [-0.25, -0.2) is 0 Å². The van der Waals surface area contributed by atoms with E-state index in [1.807, 2.05) is 0 Å². The van der Waals surface area contributed by atoms with E-state index >= 15 is 0 Å². The molecule has 3 aromatic carbocycles. The van der Waals surface area contributed by atoms with Gasteiger partial charge in [0.25, 0.3) is 0 Å². The molecule has 0 radical (unpaired) electrons. The van der Waals surface area contributed by atoms with Crippen molar-refractivity contribution < 1.29 is 0 Å². The van der Waals surface area contributed by atoms with Crippen LogP contribution in [0.1, 0.15) is 20.8 Å². The van der Waals surface area contributed by atoms with Crippen molar-refractivity contribution in [2.75, 3.05) is 4.90 Å². The highest BCUT2D eigenvalue weighted by atomic mass is 15.1. The lowest BCUT2D eigenvalue weighted by atomic mass is 10.1. The van der Waals surface area contributed by atoms with E-state index in [2.05, 4.69) is 105 Å². The van der Waals surface area contributed by atoms with Gasteiger partial charge in [0.05, 0.1) is 5.69 Å². The summed E-state index contributed by atoms with van der Waals surface area (Å²) in [5.74, 6) is 0.510. The van der Waals surface area contributed by atoms with E-state index in [0.29, 0.717) is 5.92 Å². The number of fused-ring (bicyclic) bond motifs is 1. The predicted octanol–water partition coefficient (Wildman–Crippen LogP) is 6.54. The number of hydrogen-bond acceptors (Lipinski definition) is 1. The van der Waals surface area contributed by atoms with Gasteiger partial charge in [0.1, 0.15) is 0 Å². The number of hydrogen-bond donors (Lipinski definition) is 0. The molecule has 0 spiro atoms. The van der Waals surface area contributed by atoms with E-state index in [4.69, 9.17) is 0 Å². The molecule has 1 heteroatoms. The summed E-state index contributed by atoms with van der Waals surface area (Å²) >= 11 is 0. The van der Waals surface area contributed by atoms with Crippen LogP contribution in [0.25, 0.3) is 10.8 Å². The zero-order valence-electron chi connectivity index (χ0n) is 14.0. The predicted molar refractivity (Wildman–Crippen MR) is 101 cm³/mol. The van der Waals surface area contributed by atoms with Gasteiger partial charge >= 0.3 is 0 Å². The van der Waals surface area contributed by atoms with E-state index in [1.165, 1.54) is 27.8 Å². The van der Waals surface area contributed by atoms with Crippen LogP contribution >= 0.6 is 0 Å². The summed E-state index contributed by atoms with van der Waals surface area (Å²) in [7, 11) is 0. The van der Waals surface area contributed by atoms with Crippen LogP contribution in [0.3, 0.4) is 0 Å². The van der Waals surface area contributed by atoms with Crippen LogP contribution in [-0.2, 0) is 0 Å². The SMILES string of the molecule is C/C(=C\C(C)C)N(c1ccccc1)c1cccc2ccccc12. The van der Waals surface area contributed by atoms with Crippen molar-refractivity contribution in [1.82, 2.24) is 0 Å². The molecule has 0 aliphatic rings.